The summed E-state index contributed by atoms with van der Waals surface area (Å²) in [6, 6.07) is 9.91. The maximum atomic E-state index is 13.3. The predicted octanol–water partition coefficient (Wildman–Crippen LogP) is 2.78. The molecular formula is C43H47ClN10O8S. The van der Waals surface area contributed by atoms with Gasteiger partial charge in [-0.3, -0.25) is 43.9 Å². The third-order valence-corrected chi connectivity index (χ3v) is 13.7. The number of carbonyl (C=O) groups excluding carboxylic acids is 6. The Kier molecular flexibility index (Phi) is 11.8. The second-order valence-electron chi connectivity index (χ2n) is 16.5. The van der Waals surface area contributed by atoms with Crippen LogP contribution in [0.2, 0.25) is 5.02 Å². The fourth-order valence-electron chi connectivity index (χ4n) is 9.02. The first kappa shape index (κ1) is 42.5. The zero-order valence-electron chi connectivity index (χ0n) is 34.9. The van der Waals surface area contributed by atoms with E-state index in [1.165, 1.54) is 11.8 Å². The highest BCUT2D eigenvalue weighted by Gasteiger charge is 2.51. The van der Waals surface area contributed by atoms with Gasteiger partial charge in [-0.1, -0.05) is 35.5 Å². The number of halogens is 1. The number of ether oxygens (including phenoxy) is 2. The number of para-hydroxylation sites is 1. The summed E-state index contributed by atoms with van der Waals surface area (Å²) in [4.78, 5) is 93.8. The number of imide groups is 2. The molecule has 1 spiro atoms. The molecule has 6 amide bonds. The number of nitrogens with zero attached hydrogens (tertiary/aromatic N) is 7. The fraction of sp³-hybridized carbons (Fsp3) is 0.442. The second-order valence-corrected chi connectivity index (χ2v) is 18.0. The van der Waals surface area contributed by atoms with Crippen LogP contribution in [-0.2, 0) is 30.3 Å². The molecule has 7 heterocycles. The topological polar surface area (TPSA) is 199 Å². The molecule has 3 fully saturated rings. The number of anilines is 3. The van der Waals surface area contributed by atoms with Gasteiger partial charge >= 0.3 is 0 Å². The number of amides is 6. The van der Waals surface area contributed by atoms with Crippen molar-refractivity contribution in [2.45, 2.75) is 63.1 Å². The van der Waals surface area contributed by atoms with E-state index < -0.39 is 35.3 Å². The van der Waals surface area contributed by atoms with Crippen molar-refractivity contribution in [2.24, 2.45) is 0 Å². The summed E-state index contributed by atoms with van der Waals surface area (Å²) in [5, 5.41) is 9.77. The van der Waals surface area contributed by atoms with Crippen LogP contribution in [0.15, 0.2) is 47.6 Å². The first-order valence-electron chi connectivity index (χ1n) is 21.0. The highest BCUT2D eigenvalue weighted by molar-refractivity contribution is 8.04. The Balaban J connectivity index is 0.705. The van der Waals surface area contributed by atoms with Crippen molar-refractivity contribution < 1.29 is 38.2 Å². The Labute approximate surface area is 372 Å². The zero-order chi connectivity index (χ0) is 44.0. The molecular weight excluding hydrogens is 852 g/mol. The van der Waals surface area contributed by atoms with Crippen molar-refractivity contribution >= 4 is 76.6 Å². The standard InChI is InChI=1S/C43H47ClN10O8S/c1-25-4-3-5-30(44)38(25)53-21-36(45-24-55)63-42(53)48-33-20-34(47-26(2)46-33)51-13-11-50(12-14-51)15-17-61-16-9-37(57)52-22-43(23-52)10-8-27-18-28-29(19-32(27)62-43)41(60)54(40(28)59)31-6-7-35(56)49-39(31)58/h3-5,18-21,24,31,42H,6-17,22-23H2,1-2H3,(H,45,55)(H,46,47,48)(H,49,56,58). The van der Waals surface area contributed by atoms with E-state index in [1.807, 2.05) is 49.2 Å². The van der Waals surface area contributed by atoms with Gasteiger partial charge in [0.2, 0.25) is 24.1 Å². The molecule has 3 saturated heterocycles. The van der Waals surface area contributed by atoms with Crippen molar-refractivity contribution in [3.63, 3.8) is 0 Å². The van der Waals surface area contributed by atoms with Crippen LogP contribution in [0.4, 0.5) is 17.3 Å². The van der Waals surface area contributed by atoms with Gasteiger partial charge in [-0.25, -0.2) is 9.97 Å². The number of carbonyl (C=O) groups is 6. The van der Waals surface area contributed by atoms with Gasteiger partial charge in [0.15, 0.2) is 5.50 Å². The van der Waals surface area contributed by atoms with Crippen molar-refractivity contribution in [3.8, 4) is 5.75 Å². The van der Waals surface area contributed by atoms with E-state index in [2.05, 4.69) is 30.7 Å². The Bertz CT molecular complexity index is 2400. The summed E-state index contributed by atoms with van der Waals surface area (Å²) >= 11 is 8.08. The number of benzene rings is 2. The number of piperazine rings is 1. The van der Waals surface area contributed by atoms with E-state index in [9.17, 15) is 28.8 Å². The predicted molar refractivity (Wildman–Crippen MR) is 233 cm³/mol. The van der Waals surface area contributed by atoms with Crippen LogP contribution >= 0.6 is 23.4 Å². The highest BCUT2D eigenvalue weighted by atomic mass is 35.5. The number of thioether (sulfide) groups is 1. The summed E-state index contributed by atoms with van der Waals surface area (Å²) in [5.74, 6) is 0.405. The van der Waals surface area contributed by atoms with E-state index in [0.29, 0.717) is 73.0 Å². The molecule has 330 valence electrons. The molecule has 6 aliphatic rings. The summed E-state index contributed by atoms with van der Waals surface area (Å²) in [6.45, 7) is 9.43. The summed E-state index contributed by atoms with van der Waals surface area (Å²) in [5.41, 5.74) is 2.16. The maximum Gasteiger partial charge on any atom is 0.262 e. The van der Waals surface area contributed by atoms with Crippen molar-refractivity contribution in [3.05, 3.63) is 80.7 Å². The Hall–Kier alpha value is -5.76. The van der Waals surface area contributed by atoms with Gasteiger partial charge in [-0.2, -0.15) is 0 Å². The van der Waals surface area contributed by atoms with Gasteiger partial charge in [0.05, 0.1) is 59.6 Å². The van der Waals surface area contributed by atoms with Crippen LogP contribution < -0.4 is 30.5 Å². The van der Waals surface area contributed by atoms with Crippen molar-refractivity contribution in [1.29, 1.82) is 0 Å². The van der Waals surface area contributed by atoms with Gasteiger partial charge in [-0.15, -0.1) is 0 Å². The van der Waals surface area contributed by atoms with E-state index in [1.54, 1.807) is 17.0 Å². The molecule has 18 nitrogen and oxygen atoms in total. The average molecular weight is 899 g/mol. The molecule has 0 saturated carbocycles. The van der Waals surface area contributed by atoms with Crippen LogP contribution in [0, 0.1) is 13.8 Å². The summed E-state index contributed by atoms with van der Waals surface area (Å²) < 4.78 is 12.3. The monoisotopic (exact) mass is 898 g/mol. The second kappa shape index (κ2) is 17.4. The Morgan fingerprint density at radius 2 is 1.81 bits per heavy atom. The smallest absolute Gasteiger partial charge is 0.262 e. The summed E-state index contributed by atoms with van der Waals surface area (Å²) in [6.07, 6.45) is 4.18. The number of hydrogen-bond acceptors (Lipinski definition) is 15. The molecule has 1 aromatic heterocycles. The lowest BCUT2D eigenvalue weighted by molar-refractivity contribution is -0.154. The Morgan fingerprint density at radius 3 is 2.56 bits per heavy atom. The third kappa shape index (κ3) is 8.53. The quantitative estimate of drug-likeness (QED) is 0.129. The normalized spacial score (nSPS) is 21.7. The van der Waals surface area contributed by atoms with Crippen LogP contribution in [0.5, 0.6) is 5.75 Å². The van der Waals surface area contributed by atoms with E-state index >= 15 is 0 Å². The number of likely N-dealkylation sites (tertiary alicyclic amines) is 1. The van der Waals surface area contributed by atoms with Crippen LogP contribution in [0.1, 0.15) is 63.4 Å². The number of hydrogen-bond donors (Lipinski definition) is 3. The van der Waals surface area contributed by atoms with Gasteiger partial charge in [0.25, 0.3) is 11.8 Å². The van der Waals surface area contributed by atoms with Gasteiger partial charge < -0.3 is 34.8 Å². The number of aryl methyl sites for hydroxylation is 3. The minimum Gasteiger partial charge on any atom is -0.483 e. The fourth-order valence-corrected chi connectivity index (χ4v) is 10.3. The van der Waals surface area contributed by atoms with Gasteiger partial charge in [-0.05, 0) is 62.4 Å². The van der Waals surface area contributed by atoms with Gasteiger partial charge in [0.1, 0.15) is 34.9 Å². The van der Waals surface area contributed by atoms with Crippen molar-refractivity contribution in [1.82, 2.24) is 35.3 Å². The maximum absolute atomic E-state index is 13.3. The number of nitrogens with one attached hydrogen (secondary N) is 3. The van der Waals surface area contributed by atoms with Crippen LogP contribution in [0.25, 0.3) is 0 Å². The molecule has 2 aromatic carbocycles. The molecule has 6 aliphatic heterocycles. The largest absolute Gasteiger partial charge is 0.483 e. The Morgan fingerprint density at radius 1 is 1.03 bits per heavy atom. The number of piperidine rings is 1. The van der Waals surface area contributed by atoms with E-state index in [0.717, 1.165) is 60.3 Å². The molecule has 9 rings (SSSR count). The van der Waals surface area contributed by atoms with Crippen molar-refractivity contribution in [2.75, 3.05) is 74.1 Å². The lowest BCUT2D eigenvalue weighted by Gasteiger charge is -2.51. The third-order valence-electron chi connectivity index (χ3n) is 12.3. The molecule has 2 unspecified atom stereocenters. The first-order valence-corrected chi connectivity index (χ1v) is 22.3. The van der Waals surface area contributed by atoms with Crippen LogP contribution in [0.3, 0.4) is 0 Å². The molecule has 3 aromatic rings. The lowest BCUT2D eigenvalue weighted by Crippen LogP contribution is -2.67. The first-order chi connectivity index (χ1) is 30.4. The molecule has 20 heteroatoms. The molecule has 2 atom stereocenters. The molecule has 0 radical (unpaired) electrons. The molecule has 0 bridgehead atoms. The van der Waals surface area contributed by atoms with E-state index in [4.69, 9.17) is 26.1 Å². The van der Waals surface area contributed by atoms with E-state index in [-0.39, 0.29) is 41.8 Å². The molecule has 0 aliphatic carbocycles. The number of rotatable bonds is 13. The zero-order valence-corrected chi connectivity index (χ0v) is 36.4. The minimum atomic E-state index is -1.03. The van der Waals surface area contributed by atoms with Gasteiger partial charge in [0, 0.05) is 51.4 Å². The summed E-state index contributed by atoms with van der Waals surface area (Å²) in [7, 11) is 0. The SMILES string of the molecule is Cc1nc(NC2SC(NC=O)=CN2c2c(C)cccc2Cl)cc(N2CCN(CCOCCC(=O)N3CC4(CCc5cc6c(cc5O4)C(=O)N(C4CCC(=O)NC4=O)C6=O)C3)CC2)n1. The lowest BCUT2D eigenvalue weighted by atomic mass is 9.83. The minimum absolute atomic E-state index is 0.0141. The number of fused-ring (bicyclic) bond motifs is 2. The van der Waals surface area contributed by atoms with Crippen LogP contribution in [-0.4, -0.2) is 137 Å². The number of aromatic nitrogens is 2. The molecule has 63 heavy (non-hydrogen) atoms. The average Bonchev–Trinajstić information content (AvgIpc) is 3.73. The highest BCUT2D eigenvalue weighted by Crippen LogP contribution is 2.43. The molecule has 3 N–H and O–H groups in total.